The molecule has 1 fully saturated rings. The first kappa shape index (κ1) is 16.0. The number of halogens is 2. The molecule has 0 saturated carbocycles. The number of aromatic nitrogens is 2. The maximum Gasteiger partial charge on any atom is 0.222 e. The van der Waals surface area contributed by atoms with Crippen molar-refractivity contribution in [2.75, 3.05) is 13.1 Å². The summed E-state index contributed by atoms with van der Waals surface area (Å²) >= 11 is 6.09. The predicted octanol–water partition coefficient (Wildman–Crippen LogP) is 1.91. The van der Waals surface area contributed by atoms with E-state index in [-0.39, 0.29) is 23.6 Å². The second kappa shape index (κ2) is 6.29. The lowest BCUT2D eigenvalue weighted by Crippen LogP contribution is -2.29. The monoisotopic (exact) mass is 336 g/mol. The summed E-state index contributed by atoms with van der Waals surface area (Å²) in [7, 11) is 1.83. The highest BCUT2D eigenvalue weighted by molar-refractivity contribution is 6.31. The van der Waals surface area contributed by atoms with Crippen LogP contribution in [0.1, 0.15) is 17.0 Å². The lowest BCUT2D eigenvalue weighted by molar-refractivity contribution is -0.121. The minimum Gasteiger partial charge on any atom is -0.369 e. The predicted molar refractivity (Wildman–Crippen MR) is 85.3 cm³/mol. The van der Waals surface area contributed by atoms with Crippen molar-refractivity contribution in [2.45, 2.75) is 12.5 Å². The molecule has 5 nitrogen and oxygen atoms in total. The maximum atomic E-state index is 14.0. The molecule has 1 amide bonds. The largest absolute Gasteiger partial charge is 0.369 e. The number of primary amides is 1. The van der Waals surface area contributed by atoms with E-state index in [2.05, 4.69) is 5.10 Å². The van der Waals surface area contributed by atoms with E-state index in [9.17, 15) is 9.18 Å². The number of benzene rings is 1. The van der Waals surface area contributed by atoms with E-state index in [1.165, 1.54) is 6.07 Å². The topological polar surface area (TPSA) is 64.2 Å². The molecule has 2 N–H and O–H groups in total. The maximum absolute atomic E-state index is 14.0. The van der Waals surface area contributed by atoms with Gasteiger partial charge in [-0.15, -0.1) is 0 Å². The van der Waals surface area contributed by atoms with Crippen molar-refractivity contribution in [1.82, 2.24) is 14.7 Å². The number of nitrogens with zero attached hydrogens (tertiary/aromatic N) is 3. The zero-order chi connectivity index (χ0) is 16.6. The number of amides is 1. The Morgan fingerprint density at radius 2 is 2.26 bits per heavy atom. The second-order valence-electron chi connectivity index (χ2n) is 5.96. The van der Waals surface area contributed by atoms with Gasteiger partial charge in [-0.05, 0) is 17.7 Å². The Balaban J connectivity index is 1.82. The standard InChI is InChI=1S/C16H18ClFN4O/c1-21-6-10(5-20-21)11-7-22(8-12(11)16(19)23)9-13-14(17)3-2-4-15(13)18/h2-6,11-12H,7-9H2,1H3,(H2,19,23)/t11-,12+/m1/s1. The van der Waals surface area contributed by atoms with Gasteiger partial charge in [0.15, 0.2) is 0 Å². The zero-order valence-corrected chi connectivity index (χ0v) is 13.5. The first-order valence-corrected chi connectivity index (χ1v) is 7.76. The smallest absolute Gasteiger partial charge is 0.222 e. The number of nitrogens with two attached hydrogens (primary N) is 1. The molecule has 0 bridgehead atoms. The van der Waals surface area contributed by atoms with E-state index < -0.39 is 0 Å². The molecular weight excluding hydrogens is 319 g/mol. The first-order chi connectivity index (χ1) is 11.0. The van der Waals surface area contributed by atoms with Crippen LogP contribution in [0.2, 0.25) is 5.02 Å². The molecule has 2 aromatic rings. The van der Waals surface area contributed by atoms with Crippen molar-refractivity contribution < 1.29 is 9.18 Å². The molecule has 0 unspecified atom stereocenters. The van der Waals surface area contributed by atoms with Gasteiger partial charge in [-0.3, -0.25) is 14.4 Å². The molecule has 1 aliphatic rings. The third kappa shape index (κ3) is 3.23. The number of hydrogen-bond donors (Lipinski definition) is 1. The van der Waals surface area contributed by atoms with Gasteiger partial charge < -0.3 is 5.73 Å². The van der Waals surface area contributed by atoms with Gasteiger partial charge in [0.25, 0.3) is 0 Å². The molecule has 1 aromatic carbocycles. The van der Waals surface area contributed by atoms with E-state index in [0.29, 0.717) is 30.2 Å². The molecule has 23 heavy (non-hydrogen) atoms. The number of rotatable bonds is 4. The molecule has 3 rings (SSSR count). The summed E-state index contributed by atoms with van der Waals surface area (Å²) in [5, 5.41) is 4.55. The van der Waals surface area contributed by atoms with Gasteiger partial charge in [-0.1, -0.05) is 17.7 Å². The average Bonchev–Trinajstić information content (AvgIpc) is 3.09. The minimum atomic E-state index is -0.346. The average molecular weight is 337 g/mol. The number of carbonyl (C=O) groups is 1. The second-order valence-corrected chi connectivity index (χ2v) is 6.36. The Kier molecular flexibility index (Phi) is 4.37. The van der Waals surface area contributed by atoms with Crippen molar-refractivity contribution in [3.05, 3.63) is 52.6 Å². The lowest BCUT2D eigenvalue weighted by atomic mass is 9.90. The summed E-state index contributed by atoms with van der Waals surface area (Å²) in [5.74, 6) is -1.03. The highest BCUT2D eigenvalue weighted by atomic mass is 35.5. The Bertz CT molecular complexity index is 712. The summed E-state index contributed by atoms with van der Waals surface area (Å²) in [4.78, 5) is 13.8. The molecule has 7 heteroatoms. The minimum absolute atomic E-state index is 0.0354. The van der Waals surface area contributed by atoms with Crippen LogP contribution in [0, 0.1) is 11.7 Å². The van der Waals surface area contributed by atoms with Crippen molar-refractivity contribution >= 4 is 17.5 Å². The van der Waals surface area contributed by atoms with E-state index in [1.807, 2.05) is 18.1 Å². The van der Waals surface area contributed by atoms with Crippen molar-refractivity contribution in [1.29, 1.82) is 0 Å². The van der Waals surface area contributed by atoms with Gasteiger partial charge in [0.1, 0.15) is 5.82 Å². The highest BCUT2D eigenvalue weighted by Crippen LogP contribution is 2.34. The highest BCUT2D eigenvalue weighted by Gasteiger charge is 2.38. The van der Waals surface area contributed by atoms with Crippen LogP contribution >= 0.6 is 11.6 Å². The van der Waals surface area contributed by atoms with Crippen LogP contribution in [0.3, 0.4) is 0 Å². The Labute approximate surface area is 138 Å². The van der Waals surface area contributed by atoms with E-state index in [0.717, 1.165) is 5.56 Å². The fourth-order valence-electron chi connectivity index (χ4n) is 3.18. The number of hydrogen-bond acceptors (Lipinski definition) is 3. The van der Waals surface area contributed by atoms with Crippen molar-refractivity contribution in [3.63, 3.8) is 0 Å². The van der Waals surface area contributed by atoms with Crippen LogP contribution in [0.15, 0.2) is 30.6 Å². The van der Waals surface area contributed by atoms with Gasteiger partial charge >= 0.3 is 0 Å². The van der Waals surface area contributed by atoms with Crippen molar-refractivity contribution in [3.8, 4) is 0 Å². The quantitative estimate of drug-likeness (QED) is 0.927. The SMILES string of the molecule is Cn1cc([C@H]2CN(Cc3c(F)cccc3Cl)C[C@@H]2C(N)=O)cn1. The molecular formula is C16H18ClFN4O. The summed E-state index contributed by atoms with van der Waals surface area (Å²) in [6.07, 6.45) is 3.64. The molecule has 0 aliphatic carbocycles. The van der Waals surface area contributed by atoms with Gasteiger partial charge in [-0.2, -0.15) is 5.10 Å². The van der Waals surface area contributed by atoms with Crippen LogP contribution in [-0.2, 0) is 18.4 Å². The summed E-state index contributed by atoms with van der Waals surface area (Å²) in [5.41, 5.74) is 6.97. The Hall–Kier alpha value is -1.92. The summed E-state index contributed by atoms with van der Waals surface area (Å²) in [6, 6.07) is 4.64. The van der Waals surface area contributed by atoms with Crippen LogP contribution in [-0.4, -0.2) is 33.7 Å². The van der Waals surface area contributed by atoms with Gasteiger partial charge in [0, 0.05) is 49.4 Å². The molecule has 0 spiro atoms. The number of likely N-dealkylation sites (tertiary alicyclic amines) is 1. The van der Waals surface area contributed by atoms with E-state index >= 15 is 0 Å². The summed E-state index contributed by atoms with van der Waals surface area (Å²) < 4.78 is 15.7. The molecule has 2 heterocycles. The van der Waals surface area contributed by atoms with Crippen LogP contribution in [0.25, 0.3) is 0 Å². The lowest BCUT2D eigenvalue weighted by Gasteiger charge is -2.17. The fraction of sp³-hybridized carbons (Fsp3) is 0.375. The Morgan fingerprint density at radius 3 is 2.87 bits per heavy atom. The normalized spacial score (nSPS) is 21.7. The molecule has 0 radical (unpaired) electrons. The summed E-state index contributed by atoms with van der Waals surface area (Å²) in [6.45, 7) is 1.45. The van der Waals surface area contributed by atoms with Crippen LogP contribution in [0.5, 0.6) is 0 Å². The first-order valence-electron chi connectivity index (χ1n) is 7.39. The van der Waals surface area contributed by atoms with E-state index in [1.54, 1.807) is 23.0 Å². The van der Waals surface area contributed by atoms with Gasteiger partial charge in [-0.25, -0.2) is 4.39 Å². The Morgan fingerprint density at radius 1 is 1.48 bits per heavy atom. The van der Waals surface area contributed by atoms with E-state index in [4.69, 9.17) is 17.3 Å². The molecule has 1 saturated heterocycles. The number of carbonyl (C=O) groups excluding carboxylic acids is 1. The molecule has 1 aromatic heterocycles. The molecule has 1 aliphatic heterocycles. The third-order valence-corrected chi connectivity index (χ3v) is 4.71. The van der Waals surface area contributed by atoms with Gasteiger partial charge in [0.05, 0.1) is 12.1 Å². The molecule has 122 valence electrons. The fourth-order valence-corrected chi connectivity index (χ4v) is 3.40. The number of aryl methyl sites for hydroxylation is 1. The third-order valence-electron chi connectivity index (χ3n) is 4.36. The van der Waals surface area contributed by atoms with Gasteiger partial charge in [0.2, 0.25) is 5.91 Å². The molecule has 2 atom stereocenters. The van der Waals surface area contributed by atoms with Crippen LogP contribution in [0.4, 0.5) is 4.39 Å². The zero-order valence-electron chi connectivity index (χ0n) is 12.7. The van der Waals surface area contributed by atoms with Crippen molar-refractivity contribution in [2.24, 2.45) is 18.7 Å². The van der Waals surface area contributed by atoms with Crippen LogP contribution < -0.4 is 5.73 Å².